The predicted molar refractivity (Wildman–Crippen MR) is 93.9 cm³/mol. The average Bonchev–Trinajstić information content (AvgIpc) is 2.58. The van der Waals surface area contributed by atoms with Crippen molar-refractivity contribution >= 4 is 17.7 Å². The summed E-state index contributed by atoms with van der Waals surface area (Å²) in [5, 5.41) is 0.775. The third kappa shape index (κ3) is 5.37. The largest absolute Gasteiger partial charge is 0.343 e. The van der Waals surface area contributed by atoms with Gasteiger partial charge in [0.25, 0.3) is 5.56 Å². The van der Waals surface area contributed by atoms with Gasteiger partial charge in [-0.3, -0.25) is 14.2 Å². The first-order valence-electron chi connectivity index (χ1n) is 8.59. The Bertz CT molecular complexity index is 580. The molecule has 1 fully saturated rings. The van der Waals surface area contributed by atoms with Crippen molar-refractivity contribution in [3.8, 4) is 0 Å². The molecule has 1 aliphatic rings. The molecule has 0 radical (unpaired) electrons. The van der Waals surface area contributed by atoms with E-state index in [9.17, 15) is 9.59 Å². The summed E-state index contributed by atoms with van der Waals surface area (Å²) < 4.78 is 1.60. The highest BCUT2D eigenvalue weighted by Gasteiger charge is 2.15. The Morgan fingerprint density at radius 3 is 2.70 bits per heavy atom. The quantitative estimate of drug-likeness (QED) is 0.436. The van der Waals surface area contributed by atoms with Gasteiger partial charge in [0.15, 0.2) is 5.16 Å². The maximum Gasteiger partial charge on any atom is 0.254 e. The second-order valence-electron chi connectivity index (χ2n) is 6.03. The summed E-state index contributed by atoms with van der Waals surface area (Å²) in [5.41, 5.74) is 0.843. The van der Waals surface area contributed by atoms with E-state index in [0.29, 0.717) is 12.3 Å². The molecule has 0 saturated carbocycles. The normalized spacial score (nSPS) is 15.0. The maximum atomic E-state index is 12.1. The second-order valence-corrected chi connectivity index (χ2v) is 7.09. The van der Waals surface area contributed by atoms with Crippen molar-refractivity contribution in [3.63, 3.8) is 0 Å². The molecule has 128 valence electrons. The number of thioether (sulfide) groups is 1. The summed E-state index contributed by atoms with van der Waals surface area (Å²) in [6, 6.07) is 1.60. The lowest BCUT2D eigenvalue weighted by molar-refractivity contribution is -0.132. The van der Waals surface area contributed by atoms with Crippen LogP contribution in [0.4, 0.5) is 0 Å². The van der Waals surface area contributed by atoms with Gasteiger partial charge in [0, 0.05) is 44.1 Å². The standard InChI is InChI=1S/C17H27N3O2S/c1-3-14-13-16(22)19(2)17(18-14)23-12-8-5-9-15(21)20-10-6-4-7-11-20/h13H,3-12H2,1-2H3. The minimum Gasteiger partial charge on any atom is -0.343 e. The van der Waals surface area contributed by atoms with Crippen molar-refractivity contribution in [1.29, 1.82) is 0 Å². The van der Waals surface area contributed by atoms with E-state index in [1.807, 2.05) is 11.8 Å². The number of aromatic nitrogens is 2. The first-order valence-corrected chi connectivity index (χ1v) is 9.58. The number of rotatable bonds is 7. The van der Waals surface area contributed by atoms with Crippen LogP contribution >= 0.6 is 11.8 Å². The Balaban J connectivity index is 1.72. The first kappa shape index (κ1) is 18.0. The number of nitrogens with zero attached hydrogens (tertiary/aromatic N) is 3. The van der Waals surface area contributed by atoms with Gasteiger partial charge in [0.2, 0.25) is 5.91 Å². The van der Waals surface area contributed by atoms with E-state index in [-0.39, 0.29) is 5.56 Å². The van der Waals surface area contributed by atoms with E-state index < -0.39 is 0 Å². The number of carbonyl (C=O) groups is 1. The van der Waals surface area contributed by atoms with Crippen LogP contribution in [0.3, 0.4) is 0 Å². The highest BCUT2D eigenvalue weighted by Crippen LogP contribution is 2.17. The van der Waals surface area contributed by atoms with Crippen LogP contribution in [-0.4, -0.2) is 39.2 Å². The van der Waals surface area contributed by atoms with Gasteiger partial charge in [0.1, 0.15) is 0 Å². The van der Waals surface area contributed by atoms with Gasteiger partial charge in [-0.15, -0.1) is 0 Å². The third-order valence-electron chi connectivity index (χ3n) is 4.23. The molecule has 0 aliphatic carbocycles. The fourth-order valence-corrected chi connectivity index (χ4v) is 3.71. The molecule has 1 saturated heterocycles. The van der Waals surface area contributed by atoms with Crippen LogP contribution in [0, 0.1) is 0 Å². The Hall–Kier alpha value is -1.30. The van der Waals surface area contributed by atoms with Crippen LogP contribution in [0.5, 0.6) is 0 Å². The highest BCUT2D eigenvalue weighted by atomic mass is 32.2. The summed E-state index contributed by atoms with van der Waals surface area (Å²) >= 11 is 1.60. The first-order chi connectivity index (χ1) is 11.1. The molecule has 23 heavy (non-hydrogen) atoms. The van der Waals surface area contributed by atoms with Crippen molar-refractivity contribution in [1.82, 2.24) is 14.5 Å². The van der Waals surface area contributed by atoms with Crippen molar-refractivity contribution in [2.24, 2.45) is 7.05 Å². The van der Waals surface area contributed by atoms with Gasteiger partial charge >= 0.3 is 0 Å². The summed E-state index contributed by atoms with van der Waals surface area (Å²) in [6.07, 6.45) is 6.84. The monoisotopic (exact) mass is 337 g/mol. The maximum absolute atomic E-state index is 12.1. The van der Waals surface area contributed by atoms with Crippen LogP contribution in [0.2, 0.25) is 0 Å². The van der Waals surface area contributed by atoms with Crippen molar-refractivity contribution < 1.29 is 4.79 Å². The van der Waals surface area contributed by atoms with Gasteiger partial charge < -0.3 is 4.90 Å². The van der Waals surface area contributed by atoms with Crippen molar-refractivity contribution in [2.45, 2.75) is 57.0 Å². The number of unbranched alkanes of at least 4 members (excludes halogenated alkanes) is 1. The van der Waals surface area contributed by atoms with Gasteiger partial charge in [-0.05, 0) is 38.5 Å². The zero-order chi connectivity index (χ0) is 16.7. The number of hydrogen-bond acceptors (Lipinski definition) is 4. The molecular formula is C17H27N3O2S. The molecule has 0 unspecified atom stereocenters. The molecular weight excluding hydrogens is 310 g/mol. The predicted octanol–water partition coefficient (Wildman–Crippen LogP) is 2.62. The molecule has 6 heteroatoms. The lowest BCUT2D eigenvalue weighted by Gasteiger charge is -2.26. The minimum absolute atomic E-state index is 0.000346. The van der Waals surface area contributed by atoms with E-state index in [4.69, 9.17) is 0 Å². The van der Waals surface area contributed by atoms with Gasteiger partial charge in [-0.25, -0.2) is 4.98 Å². The fraction of sp³-hybridized carbons (Fsp3) is 0.706. The van der Waals surface area contributed by atoms with Crippen molar-refractivity contribution in [2.75, 3.05) is 18.8 Å². The Labute approximate surface area is 142 Å². The Morgan fingerprint density at radius 1 is 1.26 bits per heavy atom. The van der Waals surface area contributed by atoms with E-state index in [2.05, 4.69) is 4.98 Å². The molecule has 1 aromatic rings. The number of piperidine rings is 1. The van der Waals surface area contributed by atoms with Gasteiger partial charge in [0.05, 0.1) is 0 Å². The summed E-state index contributed by atoms with van der Waals surface area (Å²) in [5.74, 6) is 1.19. The topological polar surface area (TPSA) is 55.2 Å². The molecule has 0 aromatic carbocycles. The van der Waals surface area contributed by atoms with Crippen LogP contribution in [-0.2, 0) is 18.3 Å². The van der Waals surface area contributed by atoms with E-state index >= 15 is 0 Å². The van der Waals surface area contributed by atoms with E-state index in [0.717, 1.165) is 61.8 Å². The summed E-state index contributed by atoms with van der Waals surface area (Å²) in [4.78, 5) is 30.4. The lowest BCUT2D eigenvalue weighted by Crippen LogP contribution is -2.35. The number of hydrogen-bond donors (Lipinski definition) is 0. The highest BCUT2D eigenvalue weighted by molar-refractivity contribution is 7.99. The van der Waals surface area contributed by atoms with Crippen LogP contribution < -0.4 is 5.56 Å². The van der Waals surface area contributed by atoms with E-state index in [1.54, 1.807) is 29.4 Å². The average molecular weight is 337 g/mol. The number of aryl methyl sites for hydroxylation is 1. The van der Waals surface area contributed by atoms with Crippen LogP contribution in [0.25, 0.3) is 0 Å². The Kier molecular flexibility index (Phi) is 7.15. The molecule has 0 bridgehead atoms. The van der Waals surface area contributed by atoms with Crippen LogP contribution in [0.1, 0.15) is 51.1 Å². The smallest absolute Gasteiger partial charge is 0.254 e. The number of amides is 1. The molecule has 2 heterocycles. The zero-order valence-electron chi connectivity index (χ0n) is 14.2. The SMILES string of the molecule is CCc1cc(=O)n(C)c(SCCCCC(=O)N2CCCCC2)n1. The Morgan fingerprint density at radius 2 is 2.00 bits per heavy atom. The minimum atomic E-state index is -0.000346. The molecule has 1 amide bonds. The zero-order valence-corrected chi connectivity index (χ0v) is 15.0. The molecule has 1 aromatic heterocycles. The fourth-order valence-electron chi connectivity index (χ4n) is 2.72. The molecule has 1 aliphatic heterocycles. The number of carbonyl (C=O) groups excluding carboxylic acids is 1. The molecule has 0 spiro atoms. The summed E-state index contributed by atoms with van der Waals surface area (Å²) in [7, 11) is 1.76. The molecule has 0 N–H and O–H groups in total. The second kappa shape index (κ2) is 9.11. The summed E-state index contributed by atoms with van der Waals surface area (Å²) in [6.45, 7) is 3.87. The third-order valence-corrected chi connectivity index (χ3v) is 5.35. The molecule has 5 nitrogen and oxygen atoms in total. The van der Waals surface area contributed by atoms with Crippen LogP contribution in [0.15, 0.2) is 16.0 Å². The van der Waals surface area contributed by atoms with Crippen molar-refractivity contribution in [3.05, 3.63) is 22.1 Å². The molecule has 2 rings (SSSR count). The van der Waals surface area contributed by atoms with Gasteiger partial charge in [-0.1, -0.05) is 18.7 Å². The number of likely N-dealkylation sites (tertiary alicyclic amines) is 1. The lowest BCUT2D eigenvalue weighted by atomic mass is 10.1. The van der Waals surface area contributed by atoms with Gasteiger partial charge in [-0.2, -0.15) is 0 Å². The molecule has 0 atom stereocenters. The van der Waals surface area contributed by atoms with E-state index in [1.165, 1.54) is 6.42 Å².